The quantitative estimate of drug-likeness (QED) is 0.152. The summed E-state index contributed by atoms with van der Waals surface area (Å²) in [5, 5.41) is 6.81. The van der Waals surface area contributed by atoms with Gasteiger partial charge in [-0.1, -0.05) is 39.5 Å². The zero-order chi connectivity index (χ0) is 20.0. The predicted molar refractivity (Wildman–Crippen MR) is 135 cm³/mol. The minimum Gasteiger partial charge on any atom is -0.376 e. The van der Waals surface area contributed by atoms with E-state index in [0.717, 1.165) is 38.7 Å². The summed E-state index contributed by atoms with van der Waals surface area (Å²) in [4.78, 5) is 9.93. The highest BCUT2D eigenvalue weighted by molar-refractivity contribution is 14.0. The van der Waals surface area contributed by atoms with Crippen LogP contribution in [0.4, 0.5) is 0 Å². The highest BCUT2D eigenvalue weighted by atomic mass is 127. The van der Waals surface area contributed by atoms with Crippen molar-refractivity contribution in [3.05, 3.63) is 0 Å². The fraction of sp³-hybridized carbons (Fsp3) is 0.955. The third-order valence-corrected chi connectivity index (χ3v) is 5.94. The van der Waals surface area contributed by atoms with Crippen molar-refractivity contribution >= 4 is 29.9 Å². The number of nitrogens with zero attached hydrogens (tertiary/aromatic N) is 3. The first-order valence-corrected chi connectivity index (χ1v) is 11.8. The summed E-state index contributed by atoms with van der Waals surface area (Å²) >= 11 is 0. The summed E-state index contributed by atoms with van der Waals surface area (Å²) in [5.74, 6) is 1.50. The molecule has 0 aromatic rings. The molecule has 0 aromatic heterocycles. The Bertz CT molecular complexity index is 421. The van der Waals surface area contributed by atoms with Crippen LogP contribution >= 0.6 is 24.0 Å². The van der Waals surface area contributed by atoms with Crippen LogP contribution in [-0.2, 0) is 4.74 Å². The van der Waals surface area contributed by atoms with E-state index in [1.165, 1.54) is 71.2 Å². The summed E-state index contributed by atoms with van der Waals surface area (Å²) in [7, 11) is 0. The van der Waals surface area contributed by atoms with Gasteiger partial charge in [0.15, 0.2) is 5.96 Å². The number of halogens is 1. The number of rotatable bonds is 10. The molecule has 2 aliphatic rings. The van der Waals surface area contributed by atoms with Crippen LogP contribution in [-0.4, -0.2) is 87.4 Å². The second kappa shape index (κ2) is 16.6. The summed E-state index contributed by atoms with van der Waals surface area (Å²) < 4.78 is 6.08. The molecule has 1 aliphatic heterocycles. The molecule has 1 saturated heterocycles. The van der Waals surface area contributed by atoms with E-state index in [2.05, 4.69) is 41.2 Å². The third kappa shape index (κ3) is 11.7. The second-order valence-corrected chi connectivity index (χ2v) is 8.47. The Labute approximate surface area is 196 Å². The number of ether oxygens (including phenoxy) is 1. The maximum atomic E-state index is 6.08. The van der Waals surface area contributed by atoms with Gasteiger partial charge in [0.05, 0.1) is 12.7 Å². The summed E-state index contributed by atoms with van der Waals surface area (Å²) in [6.07, 6.45) is 8.35. The topological polar surface area (TPSA) is 52.1 Å². The van der Waals surface area contributed by atoms with E-state index in [1.54, 1.807) is 0 Å². The number of aliphatic imine (C=N–C) groups is 1. The maximum Gasteiger partial charge on any atom is 0.191 e. The van der Waals surface area contributed by atoms with Crippen LogP contribution in [0.3, 0.4) is 0 Å². The lowest BCUT2D eigenvalue weighted by atomic mass is 10.1. The first kappa shape index (κ1) is 26.9. The molecule has 0 aromatic carbocycles. The van der Waals surface area contributed by atoms with Crippen LogP contribution in [0.5, 0.6) is 0 Å². The van der Waals surface area contributed by atoms with Crippen molar-refractivity contribution in [1.82, 2.24) is 20.4 Å². The molecule has 1 unspecified atom stereocenters. The van der Waals surface area contributed by atoms with Gasteiger partial charge in [0.25, 0.3) is 0 Å². The molecule has 1 saturated carbocycles. The molecule has 0 radical (unpaired) electrons. The number of guanidine groups is 1. The number of likely N-dealkylation sites (N-methyl/N-ethyl adjacent to an activating group) is 1. The van der Waals surface area contributed by atoms with Crippen molar-refractivity contribution in [3.63, 3.8) is 0 Å². The molecule has 1 heterocycles. The van der Waals surface area contributed by atoms with Crippen LogP contribution in [0.15, 0.2) is 4.99 Å². The van der Waals surface area contributed by atoms with Gasteiger partial charge in [-0.15, -0.1) is 24.0 Å². The standard InChI is InChI=1S/C22H45N5O.HI/c1-4-23-22(24-12-17-28-21-10-8-6-7-9-11-21)25-18-20(3)19-27-15-13-26(5-2)14-16-27;/h20-21H,4-19H2,1-3H3,(H2,23,24,25);1H. The lowest BCUT2D eigenvalue weighted by Gasteiger charge is -2.35. The van der Waals surface area contributed by atoms with Crippen LogP contribution in [0.25, 0.3) is 0 Å². The minimum absolute atomic E-state index is 0. The van der Waals surface area contributed by atoms with Gasteiger partial charge < -0.3 is 25.2 Å². The summed E-state index contributed by atoms with van der Waals surface area (Å²) in [6, 6.07) is 0. The average molecular weight is 524 g/mol. The molecule has 2 fully saturated rings. The van der Waals surface area contributed by atoms with E-state index in [1.807, 2.05) is 0 Å². The Balaban J connectivity index is 0.00000420. The zero-order valence-electron chi connectivity index (χ0n) is 19.1. The second-order valence-electron chi connectivity index (χ2n) is 8.47. The summed E-state index contributed by atoms with van der Waals surface area (Å²) in [6.45, 7) is 17.2. The molecule has 1 atom stereocenters. The molecule has 2 N–H and O–H groups in total. The average Bonchev–Trinajstić information content (AvgIpc) is 2.98. The molecular formula is C22H46IN5O. The Morgan fingerprint density at radius 3 is 2.28 bits per heavy atom. The summed E-state index contributed by atoms with van der Waals surface area (Å²) in [5.41, 5.74) is 0. The first-order valence-electron chi connectivity index (χ1n) is 11.8. The highest BCUT2D eigenvalue weighted by Gasteiger charge is 2.17. The molecule has 0 amide bonds. The molecule has 0 spiro atoms. The maximum absolute atomic E-state index is 6.08. The lowest BCUT2D eigenvalue weighted by molar-refractivity contribution is 0.0468. The van der Waals surface area contributed by atoms with Gasteiger partial charge in [-0.2, -0.15) is 0 Å². The van der Waals surface area contributed by atoms with Gasteiger partial charge in [-0.3, -0.25) is 4.99 Å². The van der Waals surface area contributed by atoms with Crippen LogP contribution in [0, 0.1) is 5.92 Å². The smallest absolute Gasteiger partial charge is 0.191 e. The molecule has 2 rings (SSSR count). The molecule has 0 bridgehead atoms. The van der Waals surface area contributed by atoms with Gasteiger partial charge in [-0.05, 0) is 32.2 Å². The molecule has 1 aliphatic carbocycles. The fourth-order valence-corrected chi connectivity index (χ4v) is 4.18. The van der Waals surface area contributed by atoms with Crippen molar-refractivity contribution in [1.29, 1.82) is 0 Å². The molecular weight excluding hydrogens is 477 g/mol. The van der Waals surface area contributed by atoms with E-state index in [-0.39, 0.29) is 24.0 Å². The molecule has 29 heavy (non-hydrogen) atoms. The molecule has 6 nitrogen and oxygen atoms in total. The van der Waals surface area contributed by atoms with E-state index in [9.17, 15) is 0 Å². The molecule has 172 valence electrons. The number of hydrogen-bond donors (Lipinski definition) is 2. The largest absolute Gasteiger partial charge is 0.376 e. The Morgan fingerprint density at radius 1 is 1.00 bits per heavy atom. The van der Waals surface area contributed by atoms with Crippen molar-refractivity contribution in [2.24, 2.45) is 10.9 Å². The SMILES string of the molecule is CCNC(=NCC(C)CN1CCN(CC)CC1)NCCOC1CCCCCC1.I. The van der Waals surface area contributed by atoms with Gasteiger partial charge in [-0.25, -0.2) is 0 Å². The third-order valence-electron chi connectivity index (χ3n) is 5.94. The monoisotopic (exact) mass is 523 g/mol. The molecule has 7 heteroatoms. The van der Waals surface area contributed by atoms with Crippen LogP contribution in [0.2, 0.25) is 0 Å². The van der Waals surface area contributed by atoms with Gasteiger partial charge >= 0.3 is 0 Å². The van der Waals surface area contributed by atoms with Crippen molar-refractivity contribution in [2.45, 2.75) is 65.4 Å². The van der Waals surface area contributed by atoms with E-state index in [4.69, 9.17) is 9.73 Å². The Morgan fingerprint density at radius 2 is 1.66 bits per heavy atom. The van der Waals surface area contributed by atoms with Gasteiger partial charge in [0.1, 0.15) is 0 Å². The Kier molecular flexibility index (Phi) is 15.4. The normalized spacial score (nSPS) is 21.3. The van der Waals surface area contributed by atoms with Crippen molar-refractivity contribution < 1.29 is 4.74 Å². The first-order chi connectivity index (χ1) is 13.7. The highest BCUT2D eigenvalue weighted by Crippen LogP contribution is 2.19. The van der Waals surface area contributed by atoms with Crippen LogP contribution < -0.4 is 10.6 Å². The van der Waals surface area contributed by atoms with E-state index < -0.39 is 0 Å². The minimum atomic E-state index is 0. The number of piperazine rings is 1. The number of nitrogens with one attached hydrogen (secondary N) is 2. The fourth-order valence-electron chi connectivity index (χ4n) is 4.18. The number of hydrogen-bond acceptors (Lipinski definition) is 4. The van der Waals surface area contributed by atoms with Crippen LogP contribution in [0.1, 0.15) is 59.3 Å². The van der Waals surface area contributed by atoms with Crippen molar-refractivity contribution in [3.8, 4) is 0 Å². The Hall–Kier alpha value is -0.120. The van der Waals surface area contributed by atoms with E-state index >= 15 is 0 Å². The predicted octanol–water partition coefficient (Wildman–Crippen LogP) is 3.17. The van der Waals surface area contributed by atoms with Gasteiger partial charge in [0, 0.05) is 52.4 Å². The lowest BCUT2D eigenvalue weighted by Crippen LogP contribution is -2.47. The van der Waals surface area contributed by atoms with Gasteiger partial charge in [0.2, 0.25) is 0 Å². The van der Waals surface area contributed by atoms with E-state index in [0.29, 0.717) is 12.0 Å². The van der Waals surface area contributed by atoms with Crippen molar-refractivity contribution in [2.75, 3.05) is 65.5 Å². The zero-order valence-corrected chi connectivity index (χ0v) is 21.5.